The highest BCUT2D eigenvalue weighted by molar-refractivity contribution is 9.10. The summed E-state index contributed by atoms with van der Waals surface area (Å²) >= 11 is 4.80. The number of halogens is 1. The van der Waals surface area contributed by atoms with Crippen LogP contribution in [0.1, 0.15) is 31.0 Å². The molecular formula is C27H25BrN2O5S. The zero-order valence-electron chi connectivity index (χ0n) is 20.1. The summed E-state index contributed by atoms with van der Waals surface area (Å²) in [5, 5.41) is 0. The summed E-state index contributed by atoms with van der Waals surface area (Å²) in [6, 6.07) is 12.2. The summed E-state index contributed by atoms with van der Waals surface area (Å²) in [6.45, 7) is 7.79. The zero-order chi connectivity index (χ0) is 25.8. The van der Waals surface area contributed by atoms with Gasteiger partial charge < -0.3 is 14.2 Å². The molecule has 9 heteroatoms. The van der Waals surface area contributed by atoms with Crippen LogP contribution < -0.4 is 24.4 Å². The molecule has 0 fully saturated rings. The smallest absolute Gasteiger partial charge is 0.338 e. The number of carbonyl (C=O) groups is 1. The fourth-order valence-electron chi connectivity index (χ4n) is 3.93. The first-order valence-corrected chi connectivity index (χ1v) is 12.9. The normalized spacial score (nSPS) is 15.2. The molecule has 0 amide bonds. The fourth-order valence-corrected chi connectivity index (χ4v) is 5.53. The molecule has 1 aromatic heterocycles. The predicted octanol–water partition coefficient (Wildman–Crippen LogP) is 4.13. The molecule has 36 heavy (non-hydrogen) atoms. The van der Waals surface area contributed by atoms with Crippen molar-refractivity contribution in [1.29, 1.82) is 0 Å². The average Bonchev–Trinajstić information content (AvgIpc) is 3.17. The van der Waals surface area contributed by atoms with Crippen LogP contribution in [-0.2, 0) is 9.53 Å². The Labute approximate surface area is 220 Å². The number of methoxy groups -OCH3 is 1. The number of fused-ring (bicyclic) bond motifs is 1. The number of esters is 1. The molecule has 7 nitrogen and oxygen atoms in total. The summed E-state index contributed by atoms with van der Waals surface area (Å²) in [5.41, 5.74) is 2.18. The molecule has 0 saturated carbocycles. The minimum atomic E-state index is -0.695. The predicted molar refractivity (Wildman–Crippen MR) is 143 cm³/mol. The molecule has 0 spiro atoms. The number of hydrogen-bond acceptors (Lipinski definition) is 7. The number of hydrogen-bond donors (Lipinski definition) is 0. The first-order valence-electron chi connectivity index (χ1n) is 11.2. The van der Waals surface area contributed by atoms with Crippen LogP contribution in [-0.4, -0.2) is 30.9 Å². The molecule has 0 N–H and O–H groups in total. The van der Waals surface area contributed by atoms with Crippen LogP contribution in [0.2, 0.25) is 0 Å². The molecule has 186 valence electrons. The van der Waals surface area contributed by atoms with Gasteiger partial charge in [-0.2, -0.15) is 0 Å². The van der Waals surface area contributed by atoms with Crippen LogP contribution in [0.25, 0.3) is 6.08 Å². The molecule has 0 aliphatic carbocycles. The molecule has 1 aliphatic heterocycles. The molecule has 0 unspecified atom stereocenters. The Balaban J connectivity index is 1.86. The summed E-state index contributed by atoms with van der Waals surface area (Å²) in [7, 11) is 1.58. The van der Waals surface area contributed by atoms with E-state index in [1.54, 1.807) is 37.7 Å². The standard InChI is InChI=1S/C27H25BrN2O5S/c1-5-13-35-19-10-7-17(8-11-19)14-22-25(31)30-24(18-9-12-21(33-4)20(28)15-18)23(26(32)34-6-2)16(3)29-27(30)36-22/h5,7-12,14-15,24H,1,6,13H2,2-4H3/b22-14+/t24-/m0/s1. The van der Waals surface area contributed by atoms with Crippen molar-refractivity contribution in [1.82, 2.24) is 4.57 Å². The van der Waals surface area contributed by atoms with E-state index >= 15 is 0 Å². The van der Waals surface area contributed by atoms with E-state index in [-0.39, 0.29) is 12.2 Å². The second-order valence-electron chi connectivity index (χ2n) is 7.86. The second kappa shape index (κ2) is 11.1. The lowest BCUT2D eigenvalue weighted by molar-refractivity contribution is -0.139. The Morgan fingerprint density at radius 3 is 2.64 bits per heavy atom. The van der Waals surface area contributed by atoms with Gasteiger partial charge in [0.2, 0.25) is 0 Å². The van der Waals surface area contributed by atoms with E-state index in [4.69, 9.17) is 14.2 Å². The van der Waals surface area contributed by atoms with Gasteiger partial charge in [-0.05, 0) is 71.2 Å². The highest BCUT2D eigenvalue weighted by Crippen LogP contribution is 2.35. The van der Waals surface area contributed by atoms with Gasteiger partial charge >= 0.3 is 5.97 Å². The fraction of sp³-hybridized carbons (Fsp3) is 0.222. The third-order valence-electron chi connectivity index (χ3n) is 5.55. The third-order valence-corrected chi connectivity index (χ3v) is 7.16. The van der Waals surface area contributed by atoms with Crippen LogP contribution >= 0.6 is 27.3 Å². The molecular weight excluding hydrogens is 544 g/mol. The Kier molecular flexibility index (Phi) is 7.91. The Hall–Kier alpha value is -3.43. The van der Waals surface area contributed by atoms with Gasteiger partial charge in [-0.25, -0.2) is 9.79 Å². The number of aromatic nitrogens is 1. The van der Waals surface area contributed by atoms with E-state index in [9.17, 15) is 9.59 Å². The van der Waals surface area contributed by atoms with Crippen molar-refractivity contribution < 1.29 is 19.0 Å². The van der Waals surface area contributed by atoms with E-state index in [2.05, 4.69) is 27.5 Å². The average molecular weight is 569 g/mol. The van der Waals surface area contributed by atoms with Gasteiger partial charge in [0.25, 0.3) is 5.56 Å². The van der Waals surface area contributed by atoms with Gasteiger partial charge in [0, 0.05) is 0 Å². The molecule has 0 saturated heterocycles. The number of rotatable bonds is 8. The van der Waals surface area contributed by atoms with Crippen LogP contribution in [0.15, 0.2) is 80.6 Å². The van der Waals surface area contributed by atoms with E-state index in [1.165, 1.54) is 11.3 Å². The van der Waals surface area contributed by atoms with Crippen molar-refractivity contribution in [2.75, 3.05) is 20.3 Å². The molecule has 0 bridgehead atoms. The van der Waals surface area contributed by atoms with Crippen molar-refractivity contribution in [3.63, 3.8) is 0 Å². The van der Waals surface area contributed by atoms with Crippen LogP contribution in [0.5, 0.6) is 11.5 Å². The molecule has 2 aromatic carbocycles. The van der Waals surface area contributed by atoms with Crippen LogP contribution in [0.4, 0.5) is 0 Å². The first kappa shape index (κ1) is 25.7. The first-order chi connectivity index (χ1) is 17.4. The van der Waals surface area contributed by atoms with Crippen molar-refractivity contribution in [3.8, 4) is 11.5 Å². The lowest BCUT2D eigenvalue weighted by atomic mass is 9.96. The van der Waals surface area contributed by atoms with Crippen molar-refractivity contribution >= 4 is 39.3 Å². The molecule has 3 aromatic rings. The van der Waals surface area contributed by atoms with Gasteiger partial charge in [-0.3, -0.25) is 9.36 Å². The molecule has 4 rings (SSSR count). The number of benzene rings is 2. The largest absolute Gasteiger partial charge is 0.496 e. The highest BCUT2D eigenvalue weighted by atomic mass is 79.9. The van der Waals surface area contributed by atoms with Gasteiger partial charge in [0.05, 0.1) is 40.0 Å². The number of thiazole rings is 1. The van der Waals surface area contributed by atoms with Gasteiger partial charge in [-0.1, -0.05) is 42.2 Å². The summed E-state index contributed by atoms with van der Waals surface area (Å²) in [6.07, 6.45) is 3.49. The van der Waals surface area contributed by atoms with Crippen LogP contribution in [0, 0.1) is 0 Å². The minimum absolute atomic E-state index is 0.214. The minimum Gasteiger partial charge on any atom is -0.496 e. The maximum absolute atomic E-state index is 13.7. The Morgan fingerprint density at radius 2 is 2.00 bits per heavy atom. The number of allylic oxidation sites excluding steroid dienone is 1. The van der Waals surface area contributed by atoms with E-state index in [1.807, 2.05) is 42.5 Å². The van der Waals surface area contributed by atoms with E-state index in [0.29, 0.717) is 43.2 Å². The summed E-state index contributed by atoms with van der Waals surface area (Å²) < 4.78 is 19.0. The monoisotopic (exact) mass is 568 g/mol. The molecule has 2 heterocycles. The summed E-state index contributed by atoms with van der Waals surface area (Å²) in [5.74, 6) is 0.860. The maximum atomic E-state index is 13.7. The van der Waals surface area contributed by atoms with E-state index in [0.717, 1.165) is 11.1 Å². The Morgan fingerprint density at radius 1 is 1.25 bits per heavy atom. The number of nitrogens with zero attached hydrogens (tertiary/aromatic N) is 2. The van der Waals surface area contributed by atoms with Crippen molar-refractivity contribution in [2.24, 2.45) is 4.99 Å². The molecule has 1 atom stereocenters. The Bertz CT molecular complexity index is 1520. The SMILES string of the molecule is C=CCOc1ccc(/C=c2/sc3n(c2=O)[C@@H](c2ccc(OC)c(Br)c2)C(C(=O)OCC)=C(C)N=3)cc1. The topological polar surface area (TPSA) is 79.1 Å². The molecule has 0 radical (unpaired) electrons. The highest BCUT2D eigenvalue weighted by Gasteiger charge is 2.33. The quantitative estimate of drug-likeness (QED) is 0.301. The number of carbonyl (C=O) groups excluding carboxylic acids is 1. The van der Waals surface area contributed by atoms with Gasteiger partial charge in [-0.15, -0.1) is 0 Å². The second-order valence-corrected chi connectivity index (χ2v) is 9.73. The lowest BCUT2D eigenvalue weighted by Gasteiger charge is -2.25. The lowest BCUT2D eigenvalue weighted by Crippen LogP contribution is -2.39. The molecule has 1 aliphatic rings. The van der Waals surface area contributed by atoms with Crippen LogP contribution in [0.3, 0.4) is 0 Å². The third kappa shape index (κ3) is 5.08. The summed E-state index contributed by atoms with van der Waals surface area (Å²) in [4.78, 5) is 31.8. The van der Waals surface area contributed by atoms with Gasteiger partial charge in [0.15, 0.2) is 4.80 Å². The zero-order valence-corrected chi connectivity index (χ0v) is 22.5. The van der Waals surface area contributed by atoms with E-state index < -0.39 is 12.0 Å². The maximum Gasteiger partial charge on any atom is 0.338 e. The van der Waals surface area contributed by atoms with Crippen molar-refractivity contribution in [2.45, 2.75) is 19.9 Å². The van der Waals surface area contributed by atoms with Crippen molar-refractivity contribution in [3.05, 3.63) is 102 Å². The van der Waals surface area contributed by atoms with Gasteiger partial charge in [0.1, 0.15) is 18.1 Å². The number of ether oxygens (including phenoxy) is 3.